The molecule has 2 rings (SSSR count). The normalized spacial score (nSPS) is 30.5. The predicted molar refractivity (Wildman–Crippen MR) is 77.3 cm³/mol. The highest BCUT2D eigenvalue weighted by Crippen LogP contribution is 2.32. The molecule has 0 radical (unpaired) electrons. The van der Waals surface area contributed by atoms with Gasteiger partial charge in [-0.2, -0.15) is 0 Å². The zero-order valence-corrected chi connectivity index (χ0v) is 13.5. The van der Waals surface area contributed by atoms with Gasteiger partial charge in [-0.05, 0) is 32.6 Å². The van der Waals surface area contributed by atoms with E-state index < -0.39 is 14.3 Å². The van der Waals surface area contributed by atoms with Gasteiger partial charge in [0.05, 0.1) is 12.5 Å². The van der Waals surface area contributed by atoms with Crippen molar-refractivity contribution in [3.63, 3.8) is 0 Å². The molecule has 0 aromatic rings. The fraction of sp³-hybridized carbons (Fsp3) is 0.846. The molecule has 1 heterocycles. The van der Waals surface area contributed by atoms with Gasteiger partial charge in [0.15, 0.2) is 0 Å². The molecule has 0 spiro atoms. The van der Waals surface area contributed by atoms with Gasteiger partial charge in [0, 0.05) is 29.7 Å². The Morgan fingerprint density at radius 3 is 2.43 bits per heavy atom. The number of nitrogens with zero attached hydrogens (tertiary/aromatic N) is 1. The summed E-state index contributed by atoms with van der Waals surface area (Å²) in [6, 6.07) is 0.00610. The van der Waals surface area contributed by atoms with E-state index >= 15 is 0 Å². The van der Waals surface area contributed by atoms with Crippen LogP contribution in [-0.4, -0.2) is 49.6 Å². The predicted octanol–water partition coefficient (Wildman–Crippen LogP) is 1.28. The van der Waals surface area contributed by atoms with Gasteiger partial charge < -0.3 is 9.64 Å². The number of ether oxygens (including phenoxy) is 1. The lowest BCUT2D eigenvalue weighted by molar-refractivity contribution is -0.149. The van der Waals surface area contributed by atoms with Gasteiger partial charge in [0.2, 0.25) is 15.0 Å². The first-order chi connectivity index (χ1) is 9.82. The molecule has 1 atom stereocenters. The number of hydrogen-bond acceptors (Lipinski definition) is 5. The molecule has 1 unspecified atom stereocenters. The van der Waals surface area contributed by atoms with Crippen molar-refractivity contribution in [1.82, 2.24) is 4.90 Å². The van der Waals surface area contributed by atoms with Crippen molar-refractivity contribution in [3.05, 3.63) is 0 Å². The minimum Gasteiger partial charge on any atom is -0.466 e. The quantitative estimate of drug-likeness (QED) is 0.570. The zero-order chi connectivity index (χ0) is 15.6. The summed E-state index contributed by atoms with van der Waals surface area (Å²) in [5, 5.41) is -0.811. The highest BCUT2D eigenvalue weighted by atomic mass is 35.7. The van der Waals surface area contributed by atoms with E-state index in [1.54, 1.807) is 11.8 Å². The molecule has 1 saturated heterocycles. The highest BCUT2D eigenvalue weighted by molar-refractivity contribution is 8.14. The van der Waals surface area contributed by atoms with Crippen molar-refractivity contribution in [2.45, 2.75) is 50.3 Å². The maximum atomic E-state index is 12.0. The molecule has 0 aromatic heterocycles. The molecule has 1 amide bonds. The van der Waals surface area contributed by atoms with Crippen LogP contribution < -0.4 is 0 Å². The highest BCUT2D eigenvalue weighted by Gasteiger charge is 2.41. The molecule has 1 saturated carbocycles. The van der Waals surface area contributed by atoms with E-state index in [4.69, 9.17) is 15.4 Å². The Morgan fingerprint density at radius 1 is 1.33 bits per heavy atom. The topological polar surface area (TPSA) is 80.8 Å². The molecule has 2 aliphatic rings. The molecule has 6 nitrogen and oxygen atoms in total. The van der Waals surface area contributed by atoms with Crippen LogP contribution in [0.5, 0.6) is 0 Å². The Bertz CT molecular complexity index is 513. The van der Waals surface area contributed by atoms with Gasteiger partial charge in [-0.3, -0.25) is 9.59 Å². The molecule has 0 N–H and O–H groups in total. The zero-order valence-electron chi connectivity index (χ0n) is 12.0. The fourth-order valence-electron chi connectivity index (χ4n) is 3.12. The van der Waals surface area contributed by atoms with Gasteiger partial charge in [0.25, 0.3) is 0 Å². The first-order valence-electron chi connectivity index (χ1n) is 7.22. The van der Waals surface area contributed by atoms with Crippen LogP contribution in [0.3, 0.4) is 0 Å². The first-order valence-corrected chi connectivity index (χ1v) is 9.59. The third kappa shape index (κ3) is 3.88. The number of halogens is 1. The van der Waals surface area contributed by atoms with Crippen molar-refractivity contribution >= 4 is 31.6 Å². The minimum atomic E-state index is -3.70. The number of esters is 1. The molecule has 120 valence electrons. The van der Waals surface area contributed by atoms with Crippen LogP contribution in [0.25, 0.3) is 0 Å². The van der Waals surface area contributed by atoms with Gasteiger partial charge in [0.1, 0.15) is 5.25 Å². The van der Waals surface area contributed by atoms with E-state index in [2.05, 4.69) is 0 Å². The van der Waals surface area contributed by atoms with E-state index in [9.17, 15) is 18.0 Å². The Kier molecular flexibility index (Phi) is 5.14. The molecular formula is C13H20ClNO5S. The molecule has 0 bridgehead atoms. The van der Waals surface area contributed by atoms with Crippen LogP contribution >= 0.6 is 10.7 Å². The van der Waals surface area contributed by atoms with Crippen LogP contribution in [0.15, 0.2) is 0 Å². The largest absolute Gasteiger partial charge is 0.466 e. The summed E-state index contributed by atoms with van der Waals surface area (Å²) < 4.78 is 27.7. The average Bonchev–Trinajstić information content (AvgIpc) is 2.81. The van der Waals surface area contributed by atoms with Gasteiger partial charge in [-0.1, -0.05) is 0 Å². The van der Waals surface area contributed by atoms with E-state index in [0.717, 1.165) is 0 Å². The maximum Gasteiger partial charge on any atom is 0.308 e. The second kappa shape index (κ2) is 6.52. The number of carbonyl (C=O) groups is 2. The Balaban J connectivity index is 1.91. The summed E-state index contributed by atoms with van der Waals surface area (Å²) in [5.41, 5.74) is 0. The number of amides is 1. The van der Waals surface area contributed by atoms with Crippen molar-refractivity contribution < 1.29 is 22.7 Å². The molecule has 21 heavy (non-hydrogen) atoms. The second-order valence-electron chi connectivity index (χ2n) is 5.61. The lowest BCUT2D eigenvalue weighted by Gasteiger charge is -2.33. The third-order valence-corrected chi connectivity index (χ3v) is 6.15. The van der Waals surface area contributed by atoms with E-state index in [1.165, 1.54) is 0 Å². The SMILES string of the molecule is CCOC(=O)C1CCC(N2CC(S(=O)(=O)Cl)CC2=O)CC1. The van der Waals surface area contributed by atoms with Crippen LogP contribution in [0.1, 0.15) is 39.0 Å². The maximum absolute atomic E-state index is 12.0. The van der Waals surface area contributed by atoms with E-state index in [1.807, 2.05) is 0 Å². The molecule has 0 aromatic carbocycles. The molecule has 1 aliphatic heterocycles. The standard InChI is InChI=1S/C13H20ClNO5S/c1-2-20-13(17)9-3-5-10(6-4-9)15-8-11(7-12(15)16)21(14,18)19/h9-11H,2-8H2,1H3. The number of rotatable bonds is 4. The van der Waals surface area contributed by atoms with Crippen molar-refractivity contribution in [2.24, 2.45) is 5.92 Å². The molecule has 8 heteroatoms. The van der Waals surface area contributed by atoms with Gasteiger partial charge in [-0.25, -0.2) is 8.42 Å². The second-order valence-corrected chi connectivity index (χ2v) is 8.51. The summed E-state index contributed by atoms with van der Waals surface area (Å²) in [6.07, 6.45) is 2.70. The number of hydrogen-bond donors (Lipinski definition) is 0. The summed E-state index contributed by atoms with van der Waals surface area (Å²) in [7, 11) is 1.64. The van der Waals surface area contributed by atoms with Crippen LogP contribution in [0.4, 0.5) is 0 Å². The smallest absolute Gasteiger partial charge is 0.308 e. The van der Waals surface area contributed by atoms with Gasteiger partial charge >= 0.3 is 5.97 Å². The van der Waals surface area contributed by atoms with Crippen molar-refractivity contribution in [3.8, 4) is 0 Å². The first kappa shape index (κ1) is 16.5. The Morgan fingerprint density at radius 2 is 1.95 bits per heavy atom. The van der Waals surface area contributed by atoms with E-state index in [-0.39, 0.29) is 36.8 Å². The van der Waals surface area contributed by atoms with Crippen molar-refractivity contribution in [1.29, 1.82) is 0 Å². The van der Waals surface area contributed by atoms with Crippen molar-refractivity contribution in [2.75, 3.05) is 13.2 Å². The molecular weight excluding hydrogens is 318 g/mol. The average molecular weight is 338 g/mol. The molecule has 2 fully saturated rings. The Hall–Kier alpha value is -0.820. The fourth-order valence-corrected chi connectivity index (χ4v) is 4.16. The lowest BCUT2D eigenvalue weighted by Crippen LogP contribution is -2.41. The summed E-state index contributed by atoms with van der Waals surface area (Å²) in [6.45, 7) is 2.32. The van der Waals surface area contributed by atoms with Crippen LogP contribution in [0.2, 0.25) is 0 Å². The summed E-state index contributed by atoms with van der Waals surface area (Å²) in [5.74, 6) is -0.444. The monoisotopic (exact) mass is 337 g/mol. The summed E-state index contributed by atoms with van der Waals surface area (Å²) >= 11 is 0. The third-order valence-electron chi connectivity index (χ3n) is 4.28. The summed E-state index contributed by atoms with van der Waals surface area (Å²) in [4.78, 5) is 25.3. The Labute approximate surface area is 129 Å². The number of likely N-dealkylation sites (tertiary alicyclic amines) is 1. The number of carbonyl (C=O) groups excluding carboxylic acids is 2. The van der Waals surface area contributed by atoms with E-state index in [0.29, 0.717) is 32.3 Å². The van der Waals surface area contributed by atoms with Gasteiger partial charge in [-0.15, -0.1) is 0 Å². The van der Waals surface area contributed by atoms with Crippen LogP contribution in [0, 0.1) is 5.92 Å². The lowest BCUT2D eigenvalue weighted by atomic mass is 9.85. The minimum absolute atomic E-state index is 0.00610. The molecule has 1 aliphatic carbocycles. The van der Waals surface area contributed by atoms with Crippen LogP contribution in [-0.2, 0) is 23.4 Å².